The zero-order chi connectivity index (χ0) is 18.7. The molecule has 3 nitrogen and oxygen atoms in total. The molecular weight excluding hydrogens is 288 g/mol. The summed E-state index contributed by atoms with van der Waals surface area (Å²) in [4.78, 5) is 13.0. The summed E-state index contributed by atoms with van der Waals surface area (Å²) in [6.45, 7) is 23.5. The lowest BCUT2D eigenvalue weighted by atomic mass is 9.61. The van der Waals surface area contributed by atoms with Gasteiger partial charge in [-0.3, -0.25) is 4.79 Å². The molecule has 0 aromatic heterocycles. The van der Waals surface area contributed by atoms with Gasteiger partial charge in [-0.25, -0.2) is 0 Å². The third kappa shape index (κ3) is 7.69. The van der Waals surface area contributed by atoms with Crippen molar-refractivity contribution in [1.82, 2.24) is 0 Å². The van der Waals surface area contributed by atoms with Crippen LogP contribution in [0.4, 0.5) is 0 Å². The molecule has 0 saturated carbocycles. The number of carbonyl (C=O) groups is 1. The fourth-order valence-electron chi connectivity index (χ4n) is 2.66. The highest BCUT2D eigenvalue weighted by molar-refractivity contribution is 5.78. The zero-order valence-corrected chi connectivity index (χ0v) is 17.4. The molecule has 0 aliphatic carbocycles. The number of rotatable bonds is 7. The van der Waals surface area contributed by atoms with E-state index in [1.54, 1.807) is 0 Å². The highest BCUT2D eigenvalue weighted by atomic mass is 16.6. The standard InChI is InChI=1S/C20H40O3/c1-15(2)22-13-12-19(9,10)23-16(21)20(11,18(6,7)8)14-17(3,4)5/h15H,12-14H2,1-11H3. The predicted octanol–water partition coefficient (Wildman–Crippen LogP) is 5.61. The van der Waals surface area contributed by atoms with Crippen LogP contribution in [-0.4, -0.2) is 24.3 Å². The van der Waals surface area contributed by atoms with E-state index in [1.165, 1.54) is 0 Å². The van der Waals surface area contributed by atoms with Crippen LogP contribution in [0.3, 0.4) is 0 Å². The Kier molecular flexibility index (Phi) is 7.36. The molecule has 0 radical (unpaired) electrons. The van der Waals surface area contributed by atoms with Crippen LogP contribution in [-0.2, 0) is 14.3 Å². The Morgan fingerprint density at radius 3 is 1.74 bits per heavy atom. The van der Waals surface area contributed by atoms with Crippen molar-refractivity contribution in [1.29, 1.82) is 0 Å². The molecule has 0 N–H and O–H groups in total. The maximum absolute atomic E-state index is 13.0. The normalized spacial score (nSPS) is 16.3. The second-order valence-electron chi connectivity index (χ2n) is 10.1. The quantitative estimate of drug-likeness (QED) is 0.570. The number of carbonyl (C=O) groups excluding carboxylic acids is 1. The second kappa shape index (κ2) is 7.55. The lowest BCUT2D eigenvalue weighted by Gasteiger charge is -2.45. The van der Waals surface area contributed by atoms with Gasteiger partial charge in [-0.05, 0) is 51.9 Å². The monoisotopic (exact) mass is 328 g/mol. The van der Waals surface area contributed by atoms with Crippen molar-refractivity contribution in [2.75, 3.05) is 6.61 Å². The smallest absolute Gasteiger partial charge is 0.312 e. The second-order valence-corrected chi connectivity index (χ2v) is 10.1. The van der Waals surface area contributed by atoms with Crippen LogP contribution in [0.2, 0.25) is 0 Å². The summed E-state index contributed by atoms with van der Waals surface area (Å²) in [5, 5.41) is 0. The van der Waals surface area contributed by atoms with Gasteiger partial charge in [-0.2, -0.15) is 0 Å². The van der Waals surface area contributed by atoms with Gasteiger partial charge in [-0.15, -0.1) is 0 Å². The van der Waals surface area contributed by atoms with E-state index in [0.717, 1.165) is 6.42 Å². The van der Waals surface area contributed by atoms with E-state index in [0.29, 0.717) is 13.0 Å². The summed E-state index contributed by atoms with van der Waals surface area (Å²) in [5.41, 5.74) is -1.15. The molecule has 0 fully saturated rings. The van der Waals surface area contributed by atoms with E-state index in [1.807, 2.05) is 34.6 Å². The van der Waals surface area contributed by atoms with Crippen LogP contribution in [0.15, 0.2) is 0 Å². The molecule has 0 aromatic rings. The Labute approximate surface area is 144 Å². The molecule has 3 heteroatoms. The number of hydrogen-bond donors (Lipinski definition) is 0. The maximum atomic E-state index is 13.0. The van der Waals surface area contributed by atoms with Gasteiger partial charge in [0, 0.05) is 6.42 Å². The van der Waals surface area contributed by atoms with E-state index in [9.17, 15) is 4.79 Å². The van der Waals surface area contributed by atoms with Gasteiger partial charge in [0.1, 0.15) is 5.60 Å². The van der Waals surface area contributed by atoms with E-state index in [-0.39, 0.29) is 22.9 Å². The summed E-state index contributed by atoms with van der Waals surface area (Å²) < 4.78 is 11.5. The molecule has 1 unspecified atom stereocenters. The lowest BCUT2D eigenvalue weighted by molar-refractivity contribution is -0.179. The Bertz CT molecular complexity index is 383. The third-order valence-electron chi connectivity index (χ3n) is 4.51. The molecule has 0 amide bonds. The van der Waals surface area contributed by atoms with Crippen LogP contribution in [0.25, 0.3) is 0 Å². The summed E-state index contributed by atoms with van der Waals surface area (Å²) >= 11 is 0. The van der Waals surface area contributed by atoms with Gasteiger partial charge in [0.15, 0.2) is 0 Å². The van der Waals surface area contributed by atoms with Crippen molar-refractivity contribution >= 4 is 5.97 Å². The van der Waals surface area contributed by atoms with Crippen LogP contribution < -0.4 is 0 Å². The van der Waals surface area contributed by atoms with Crippen molar-refractivity contribution < 1.29 is 14.3 Å². The van der Waals surface area contributed by atoms with Crippen LogP contribution in [0, 0.1) is 16.2 Å². The third-order valence-corrected chi connectivity index (χ3v) is 4.51. The largest absolute Gasteiger partial charge is 0.459 e. The van der Waals surface area contributed by atoms with Gasteiger partial charge in [0.2, 0.25) is 0 Å². The molecule has 0 aromatic carbocycles. The molecular formula is C20H40O3. The Hall–Kier alpha value is -0.570. The number of esters is 1. The van der Waals surface area contributed by atoms with Crippen LogP contribution in [0.5, 0.6) is 0 Å². The van der Waals surface area contributed by atoms with E-state index < -0.39 is 11.0 Å². The molecule has 0 aliphatic rings. The fraction of sp³-hybridized carbons (Fsp3) is 0.950. The van der Waals surface area contributed by atoms with E-state index in [2.05, 4.69) is 41.5 Å². The summed E-state index contributed by atoms with van der Waals surface area (Å²) in [5.74, 6) is -0.102. The summed E-state index contributed by atoms with van der Waals surface area (Å²) in [6.07, 6.45) is 1.69. The van der Waals surface area contributed by atoms with Crippen molar-refractivity contribution in [2.45, 2.75) is 101 Å². The first-order chi connectivity index (χ1) is 10.0. The van der Waals surface area contributed by atoms with Gasteiger partial charge in [0.25, 0.3) is 0 Å². The molecule has 138 valence electrons. The first-order valence-electron chi connectivity index (χ1n) is 8.85. The van der Waals surface area contributed by atoms with Crippen molar-refractivity contribution in [3.8, 4) is 0 Å². The molecule has 0 spiro atoms. The predicted molar refractivity (Wildman–Crippen MR) is 97.5 cm³/mol. The van der Waals surface area contributed by atoms with Crippen molar-refractivity contribution in [3.05, 3.63) is 0 Å². The number of ether oxygens (including phenoxy) is 2. The Balaban J connectivity index is 5.11. The molecule has 1 atom stereocenters. The minimum Gasteiger partial charge on any atom is -0.459 e. The highest BCUT2D eigenvalue weighted by Gasteiger charge is 2.49. The minimum absolute atomic E-state index is 0.0615. The average Bonchev–Trinajstić information content (AvgIpc) is 2.22. The molecule has 0 rings (SSSR count). The van der Waals surface area contributed by atoms with Gasteiger partial charge >= 0.3 is 5.97 Å². The molecule has 0 saturated heterocycles. The topological polar surface area (TPSA) is 35.5 Å². The zero-order valence-electron chi connectivity index (χ0n) is 17.4. The molecule has 0 aliphatic heterocycles. The molecule has 0 heterocycles. The summed E-state index contributed by atoms with van der Waals surface area (Å²) in [7, 11) is 0. The maximum Gasteiger partial charge on any atom is 0.312 e. The van der Waals surface area contributed by atoms with Crippen LogP contribution >= 0.6 is 0 Å². The molecule has 23 heavy (non-hydrogen) atoms. The molecule has 0 bridgehead atoms. The highest BCUT2D eigenvalue weighted by Crippen LogP contribution is 2.48. The first kappa shape index (κ1) is 22.4. The van der Waals surface area contributed by atoms with Crippen LogP contribution in [0.1, 0.15) is 89.0 Å². The van der Waals surface area contributed by atoms with E-state index in [4.69, 9.17) is 9.47 Å². The van der Waals surface area contributed by atoms with Gasteiger partial charge in [0.05, 0.1) is 18.1 Å². The lowest BCUT2D eigenvalue weighted by Crippen LogP contribution is -2.47. The average molecular weight is 329 g/mol. The van der Waals surface area contributed by atoms with E-state index >= 15 is 0 Å². The SMILES string of the molecule is CC(C)OCCC(C)(C)OC(=O)C(C)(CC(C)(C)C)C(C)(C)C. The Morgan fingerprint density at radius 1 is 0.913 bits per heavy atom. The fourth-order valence-corrected chi connectivity index (χ4v) is 2.66. The first-order valence-corrected chi connectivity index (χ1v) is 8.85. The summed E-state index contributed by atoms with van der Waals surface area (Å²) in [6, 6.07) is 0. The van der Waals surface area contributed by atoms with Crippen molar-refractivity contribution in [2.24, 2.45) is 16.2 Å². The minimum atomic E-state index is -0.526. The Morgan fingerprint density at radius 2 is 1.39 bits per heavy atom. The van der Waals surface area contributed by atoms with Gasteiger partial charge in [-0.1, -0.05) is 41.5 Å². The number of hydrogen-bond acceptors (Lipinski definition) is 3. The van der Waals surface area contributed by atoms with Crippen molar-refractivity contribution in [3.63, 3.8) is 0 Å². The van der Waals surface area contributed by atoms with Gasteiger partial charge < -0.3 is 9.47 Å².